The Morgan fingerprint density at radius 2 is 1.47 bits per heavy atom. The smallest absolute Gasteiger partial charge is 0.308 e. The van der Waals surface area contributed by atoms with Gasteiger partial charge in [-0.25, -0.2) is 0 Å². The molecule has 0 saturated heterocycles. The van der Waals surface area contributed by atoms with Crippen LogP contribution < -0.4 is 4.74 Å². The minimum atomic E-state index is -0.311. The van der Waals surface area contributed by atoms with Crippen LogP contribution in [0.15, 0.2) is 91.0 Å². The second kappa shape index (κ2) is 7.53. The number of H-pyrrole nitrogens is 1. The van der Waals surface area contributed by atoms with Crippen LogP contribution in [0.3, 0.4) is 0 Å². The minimum absolute atomic E-state index is 0.311. The van der Waals surface area contributed by atoms with Crippen molar-refractivity contribution in [2.24, 2.45) is 0 Å². The Bertz CT molecular complexity index is 1370. The summed E-state index contributed by atoms with van der Waals surface area (Å²) in [6.07, 6.45) is 0.651. The summed E-state index contributed by atoms with van der Waals surface area (Å²) in [5.74, 6) is 0.305. The summed E-state index contributed by atoms with van der Waals surface area (Å²) in [6, 6.07) is 30.8. The highest BCUT2D eigenvalue weighted by Gasteiger charge is 2.18. The maximum atomic E-state index is 11.8. The molecule has 0 spiro atoms. The first-order valence-corrected chi connectivity index (χ1v) is 10.0. The molecule has 4 aromatic carbocycles. The van der Waals surface area contributed by atoms with Crippen molar-refractivity contribution >= 4 is 27.6 Å². The van der Waals surface area contributed by atoms with Crippen molar-refractivity contribution in [2.75, 3.05) is 0 Å². The number of esters is 1. The summed E-state index contributed by atoms with van der Waals surface area (Å²) in [7, 11) is 0. The number of carbonyl (C=O) groups is 1. The van der Waals surface area contributed by atoms with Gasteiger partial charge in [0, 0.05) is 29.8 Å². The van der Waals surface area contributed by atoms with E-state index in [-0.39, 0.29) is 5.97 Å². The number of fused-ring (bicyclic) bond motifs is 2. The lowest BCUT2D eigenvalue weighted by atomic mass is 9.94. The van der Waals surface area contributed by atoms with Crippen molar-refractivity contribution in [1.82, 2.24) is 4.98 Å². The van der Waals surface area contributed by atoms with Crippen LogP contribution in [0.1, 0.15) is 18.1 Å². The van der Waals surface area contributed by atoms with E-state index in [0.29, 0.717) is 12.2 Å². The highest BCUT2D eigenvalue weighted by atomic mass is 16.5. The Labute approximate surface area is 174 Å². The average Bonchev–Trinajstić information content (AvgIpc) is 3.14. The molecule has 0 aliphatic carbocycles. The molecule has 0 aliphatic heterocycles. The van der Waals surface area contributed by atoms with Crippen LogP contribution in [0.25, 0.3) is 32.9 Å². The highest BCUT2D eigenvalue weighted by Crippen LogP contribution is 2.36. The van der Waals surface area contributed by atoms with Gasteiger partial charge in [-0.1, -0.05) is 78.9 Å². The Hall–Kier alpha value is -3.85. The van der Waals surface area contributed by atoms with Crippen LogP contribution in [-0.2, 0) is 11.2 Å². The van der Waals surface area contributed by atoms with Gasteiger partial charge < -0.3 is 9.72 Å². The normalized spacial score (nSPS) is 11.1. The molecular formula is C27H21NO2. The van der Waals surface area contributed by atoms with E-state index in [0.717, 1.165) is 33.1 Å². The lowest BCUT2D eigenvalue weighted by Crippen LogP contribution is -2.05. The van der Waals surface area contributed by atoms with Crippen LogP contribution in [0.5, 0.6) is 5.75 Å². The van der Waals surface area contributed by atoms with Gasteiger partial charge in [0.2, 0.25) is 0 Å². The fourth-order valence-corrected chi connectivity index (χ4v) is 4.16. The van der Waals surface area contributed by atoms with Gasteiger partial charge in [-0.2, -0.15) is 0 Å². The lowest BCUT2D eigenvalue weighted by Gasteiger charge is -2.14. The fraction of sp³-hybridized carbons (Fsp3) is 0.0741. The predicted molar refractivity (Wildman–Crippen MR) is 122 cm³/mol. The largest absolute Gasteiger partial charge is 0.426 e. The van der Waals surface area contributed by atoms with E-state index in [4.69, 9.17) is 4.74 Å². The van der Waals surface area contributed by atoms with Gasteiger partial charge in [-0.3, -0.25) is 4.79 Å². The zero-order chi connectivity index (χ0) is 20.5. The van der Waals surface area contributed by atoms with Crippen molar-refractivity contribution < 1.29 is 9.53 Å². The molecule has 1 aromatic heterocycles. The second-order valence-electron chi connectivity index (χ2n) is 7.42. The number of para-hydroxylation sites is 1. The van der Waals surface area contributed by atoms with Crippen molar-refractivity contribution in [3.8, 4) is 17.0 Å². The first kappa shape index (κ1) is 18.2. The molecule has 1 heterocycles. The Kier molecular flexibility index (Phi) is 4.56. The molecule has 0 radical (unpaired) electrons. The molecule has 0 fully saturated rings. The Morgan fingerprint density at radius 3 is 2.27 bits per heavy atom. The van der Waals surface area contributed by atoms with Crippen LogP contribution >= 0.6 is 0 Å². The summed E-state index contributed by atoms with van der Waals surface area (Å²) in [4.78, 5) is 15.4. The van der Waals surface area contributed by atoms with E-state index in [2.05, 4.69) is 47.4 Å². The molecule has 1 N–H and O–H groups in total. The molecule has 0 aliphatic rings. The maximum absolute atomic E-state index is 11.8. The van der Waals surface area contributed by atoms with Gasteiger partial charge >= 0.3 is 5.97 Å². The number of rotatable bonds is 4. The first-order chi connectivity index (χ1) is 14.7. The summed E-state index contributed by atoms with van der Waals surface area (Å²) in [6.45, 7) is 1.44. The first-order valence-electron chi connectivity index (χ1n) is 10.0. The van der Waals surface area contributed by atoms with Crippen LogP contribution in [0.4, 0.5) is 0 Å². The molecule has 0 saturated carbocycles. The number of benzene rings is 4. The van der Waals surface area contributed by atoms with Gasteiger partial charge in [-0.05, 0) is 34.0 Å². The van der Waals surface area contributed by atoms with E-state index in [1.54, 1.807) is 0 Å². The molecule has 5 rings (SSSR count). The number of aromatic nitrogens is 1. The van der Waals surface area contributed by atoms with Crippen molar-refractivity contribution in [3.05, 3.63) is 102 Å². The number of nitrogens with one attached hydrogen (secondary N) is 1. The molecule has 5 aromatic rings. The molecular weight excluding hydrogens is 370 g/mol. The van der Waals surface area contributed by atoms with E-state index in [1.807, 2.05) is 48.5 Å². The number of aromatic amines is 1. The molecule has 0 atom stereocenters. The summed E-state index contributed by atoms with van der Waals surface area (Å²) < 4.78 is 5.61. The molecule has 3 heteroatoms. The SMILES string of the molecule is CC(=O)Oc1ccc2ccccc2c1Cc1c(-c2ccccc2)[nH]c2ccccc12. The van der Waals surface area contributed by atoms with Gasteiger partial charge in [0.15, 0.2) is 0 Å². The lowest BCUT2D eigenvalue weighted by molar-refractivity contribution is -0.131. The average molecular weight is 391 g/mol. The number of ether oxygens (including phenoxy) is 1. The minimum Gasteiger partial charge on any atom is -0.426 e. The predicted octanol–water partition coefficient (Wildman–Crippen LogP) is 6.50. The summed E-state index contributed by atoms with van der Waals surface area (Å²) in [5, 5.41) is 3.41. The number of hydrogen-bond donors (Lipinski definition) is 1. The zero-order valence-corrected chi connectivity index (χ0v) is 16.7. The molecule has 0 amide bonds. The van der Waals surface area contributed by atoms with E-state index in [1.165, 1.54) is 17.9 Å². The van der Waals surface area contributed by atoms with Crippen molar-refractivity contribution in [2.45, 2.75) is 13.3 Å². The van der Waals surface area contributed by atoms with E-state index >= 15 is 0 Å². The molecule has 0 bridgehead atoms. The Balaban J connectivity index is 1.75. The standard InChI is InChI=1S/C27H21NO2/c1-18(29)30-26-16-15-19-9-5-6-12-21(19)23(26)17-24-22-13-7-8-14-25(22)28-27(24)20-10-3-2-4-11-20/h2-16,28H,17H2,1H3. The van der Waals surface area contributed by atoms with Crippen LogP contribution in [0, 0.1) is 0 Å². The molecule has 0 unspecified atom stereocenters. The number of carbonyl (C=O) groups excluding carboxylic acids is 1. The third-order valence-corrected chi connectivity index (χ3v) is 5.48. The third-order valence-electron chi connectivity index (χ3n) is 5.48. The van der Waals surface area contributed by atoms with Crippen LogP contribution in [-0.4, -0.2) is 11.0 Å². The Morgan fingerprint density at radius 1 is 0.767 bits per heavy atom. The van der Waals surface area contributed by atoms with Gasteiger partial charge in [0.05, 0.1) is 5.69 Å². The number of hydrogen-bond acceptors (Lipinski definition) is 2. The highest BCUT2D eigenvalue weighted by molar-refractivity contribution is 5.94. The fourth-order valence-electron chi connectivity index (χ4n) is 4.16. The van der Waals surface area contributed by atoms with Crippen molar-refractivity contribution in [3.63, 3.8) is 0 Å². The molecule has 3 nitrogen and oxygen atoms in total. The van der Waals surface area contributed by atoms with E-state index < -0.39 is 0 Å². The third kappa shape index (κ3) is 3.25. The van der Waals surface area contributed by atoms with Crippen LogP contribution in [0.2, 0.25) is 0 Å². The zero-order valence-electron chi connectivity index (χ0n) is 16.7. The van der Waals surface area contributed by atoms with Crippen molar-refractivity contribution in [1.29, 1.82) is 0 Å². The molecule has 30 heavy (non-hydrogen) atoms. The summed E-state index contributed by atoms with van der Waals surface area (Å²) in [5.41, 5.74) is 5.55. The monoisotopic (exact) mass is 391 g/mol. The quantitative estimate of drug-likeness (QED) is 0.280. The van der Waals surface area contributed by atoms with Gasteiger partial charge in [-0.15, -0.1) is 0 Å². The molecule has 146 valence electrons. The maximum Gasteiger partial charge on any atom is 0.308 e. The van der Waals surface area contributed by atoms with Gasteiger partial charge in [0.1, 0.15) is 5.75 Å². The topological polar surface area (TPSA) is 42.1 Å². The summed E-state index contributed by atoms with van der Waals surface area (Å²) >= 11 is 0. The van der Waals surface area contributed by atoms with Gasteiger partial charge in [0.25, 0.3) is 0 Å². The van der Waals surface area contributed by atoms with E-state index in [9.17, 15) is 4.79 Å². The second-order valence-corrected chi connectivity index (χ2v) is 7.42.